The Hall–Kier alpha value is -1.79. The Morgan fingerprint density at radius 3 is 2.44 bits per heavy atom. The van der Waals surface area contributed by atoms with Gasteiger partial charge in [-0.25, -0.2) is 13.6 Å². The van der Waals surface area contributed by atoms with E-state index in [1.165, 1.54) is 12.1 Å². The zero-order valence-corrected chi connectivity index (χ0v) is 9.03. The molecule has 0 unspecified atom stereocenters. The summed E-state index contributed by atoms with van der Waals surface area (Å²) < 4.78 is 22.6. The number of sulfonamides is 1. The van der Waals surface area contributed by atoms with Crippen molar-refractivity contribution < 1.29 is 13.5 Å². The van der Waals surface area contributed by atoms with Gasteiger partial charge in [0.2, 0.25) is 10.0 Å². The van der Waals surface area contributed by atoms with Gasteiger partial charge in [-0.3, -0.25) is 0 Å². The molecule has 0 saturated heterocycles. The van der Waals surface area contributed by atoms with Crippen LogP contribution in [0.4, 0.5) is 5.69 Å². The highest BCUT2D eigenvalue weighted by Gasteiger charge is 2.15. The topological polar surface area (TPSA) is 106 Å². The smallest absolute Gasteiger partial charge is 0.238 e. The van der Waals surface area contributed by atoms with Gasteiger partial charge in [0.05, 0.1) is 4.90 Å². The molecule has 0 bridgehead atoms. The van der Waals surface area contributed by atoms with E-state index >= 15 is 0 Å². The molecule has 2 aromatic rings. The first-order chi connectivity index (χ1) is 7.41. The molecule has 0 aliphatic heterocycles. The first kappa shape index (κ1) is 10.7. The Labute approximate surface area is 92.3 Å². The number of nitrogen functional groups attached to an aromatic ring is 1. The summed E-state index contributed by atoms with van der Waals surface area (Å²) in [6.45, 7) is 0. The number of benzene rings is 2. The maximum Gasteiger partial charge on any atom is 0.238 e. The van der Waals surface area contributed by atoms with Gasteiger partial charge in [-0.1, -0.05) is 12.1 Å². The summed E-state index contributed by atoms with van der Waals surface area (Å²) in [5, 5.41) is 15.3. The van der Waals surface area contributed by atoms with Crippen molar-refractivity contribution in [3.63, 3.8) is 0 Å². The van der Waals surface area contributed by atoms with Crippen LogP contribution in [0.25, 0.3) is 10.8 Å². The molecule has 0 spiro atoms. The van der Waals surface area contributed by atoms with Gasteiger partial charge in [-0.2, -0.15) is 0 Å². The maximum absolute atomic E-state index is 11.3. The summed E-state index contributed by atoms with van der Waals surface area (Å²) in [6, 6.07) is 7.25. The van der Waals surface area contributed by atoms with Gasteiger partial charge >= 0.3 is 0 Å². The van der Waals surface area contributed by atoms with E-state index in [0.717, 1.165) is 0 Å². The molecule has 0 amide bonds. The van der Waals surface area contributed by atoms with Crippen LogP contribution in [0.3, 0.4) is 0 Å². The van der Waals surface area contributed by atoms with Crippen LogP contribution < -0.4 is 10.9 Å². The molecule has 0 radical (unpaired) electrons. The molecule has 0 aliphatic carbocycles. The lowest BCUT2D eigenvalue weighted by atomic mass is 10.1. The summed E-state index contributed by atoms with van der Waals surface area (Å²) in [5.41, 5.74) is 5.98. The van der Waals surface area contributed by atoms with Crippen LogP contribution in [0.5, 0.6) is 5.75 Å². The highest BCUT2D eigenvalue weighted by Crippen LogP contribution is 2.33. The molecule has 0 saturated carbocycles. The number of fused-ring (bicyclic) bond motifs is 1. The Morgan fingerprint density at radius 1 is 1.12 bits per heavy atom. The lowest BCUT2D eigenvalue weighted by Gasteiger charge is -2.08. The predicted molar refractivity (Wildman–Crippen MR) is 61.4 cm³/mol. The van der Waals surface area contributed by atoms with E-state index < -0.39 is 10.0 Å². The Balaban J connectivity index is 3.02. The van der Waals surface area contributed by atoms with Crippen LogP contribution in [0.15, 0.2) is 35.2 Å². The second kappa shape index (κ2) is 3.36. The fraction of sp³-hybridized carbons (Fsp3) is 0. The number of anilines is 1. The fourth-order valence-electron chi connectivity index (χ4n) is 1.64. The zero-order chi connectivity index (χ0) is 11.9. The van der Waals surface area contributed by atoms with Gasteiger partial charge < -0.3 is 10.8 Å². The molecule has 0 aromatic heterocycles. The molecule has 0 fully saturated rings. The molecular formula is C10H10N2O3S. The van der Waals surface area contributed by atoms with Crippen molar-refractivity contribution in [2.45, 2.75) is 4.90 Å². The average molecular weight is 238 g/mol. The Morgan fingerprint density at radius 2 is 1.81 bits per heavy atom. The molecule has 5 nitrogen and oxygen atoms in total. The Kier molecular flexibility index (Phi) is 2.25. The minimum absolute atomic E-state index is 0.0485. The number of hydrogen-bond acceptors (Lipinski definition) is 4. The van der Waals surface area contributed by atoms with Gasteiger partial charge in [-0.15, -0.1) is 0 Å². The summed E-state index contributed by atoms with van der Waals surface area (Å²) in [4.78, 5) is -0.0485. The molecule has 16 heavy (non-hydrogen) atoms. The molecule has 5 N–H and O–H groups in total. The zero-order valence-electron chi connectivity index (χ0n) is 8.21. The number of phenols is 1. The van der Waals surface area contributed by atoms with Crippen molar-refractivity contribution in [3.8, 4) is 5.75 Å². The van der Waals surface area contributed by atoms with Crippen molar-refractivity contribution in [3.05, 3.63) is 30.3 Å². The largest absolute Gasteiger partial charge is 0.507 e. The number of nitrogens with two attached hydrogens (primary N) is 2. The van der Waals surface area contributed by atoms with E-state index in [-0.39, 0.29) is 10.6 Å². The summed E-state index contributed by atoms with van der Waals surface area (Å²) in [6.07, 6.45) is 0. The van der Waals surface area contributed by atoms with Gasteiger partial charge in [0.15, 0.2) is 0 Å². The van der Waals surface area contributed by atoms with Crippen LogP contribution >= 0.6 is 0 Å². The monoisotopic (exact) mass is 238 g/mol. The van der Waals surface area contributed by atoms with Crippen molar-refractivity contribution >= 4 is 26.5 Å². The standard InChI is InChI=1S/C10H10N2O3S/c11-7-3-1-2-6-9(16(12,14)15)5-4-8(13)10(6)7/h1-5,13H,11H2,(H2,12,14,15). The summed E-state index contributed by atoms with van der Waals surface area (Å²) in [5.74, 6) is -0.0690. The highest BCUT2D eigenvalue weighted by molar-refractivity contribution is 7.89. The molecule has 2 aromatic carbocycles. The third kappa shape index (κ3) is 1.58. The summed E-state index contributed by atoms with van der Waals surface area (Å²) in [7, 11) is -3.83. The number of hydrogen-bond donors (Lipinski definition) is 3. The second-order valence-corrected chi connectivity index (χ2v) is 4.93. The van der Waals surface area contributed by atoms with Crippen LogP contribution in [-0.4, -0.2) is 13.5 Å². The average Bonchev–Trinajstić information content (AvgIpc) is 2.16. The first-order valence-corrected chi connectivity index (χ1v) is 5.99. The van der Waals surface area contributed by atoms with E-state index in [2.05, 4.69) is 0 Å². The van der Waals surface area contributed by atoms with Gasteiger partial charge in [-0.05, 0) is 18.2 Å². The highest BCUT2D eigenvalue weighted by atomic mass is 32.2. The van der Waals surface area contributed by atoms with E-state index in [1.54, 1.807) is 18.2 Å². The van der Waals surface area contributed by atoms with Crippen molar-refractivity contribution in [2.75, 3.05) is 5.73 Å². The lowest BCUT2D eigenvalue weighted by molar-refractivity contribution is 0.481. The minimum atomic E-state index is -3.83. The third-order valence-corrected chi connectivity index (χ3v) is 3.29. The second-order valence-electron chi connectivity index (χ2n) is 3.40. The molecule has 2 rings (SSSR count). The molecule has 0 heterocycles. The van der Waals surface area contributed by atoms with Gasteiger partial charge in [0.25, 0.3) is 0 Å². The quantitative estimate of drug-likeness (QED) is 0.638. The minimum Gasteiger partial charge on any atom is -0.507 e. The molecule has 0 aliphatic rings. The number of rotatable bonds is 1. The number of primary sulfonamides is 1. The normalized spacial score (nSPS) is 11.8. The number of aromatic hydroxyl groups is 1. The first-order valence-electron chi connectivity index (χ1n) is 4.44. The molecule has 84 valence electrons. The van der Waals surface area contributed by atoms with E-state index in [4.69, 9.17) is 10.9 Å². The van der Waals surface area contributed by atoms with E-state index in [1.807, 2.05) is 0 Å². The van der Waals surface area contributed by atoms with Crippen LogP contribution in [0, 0.1) is 0 Å². The third-order valence-electron chi connectivity index (χ3n) is 2.32. The molecule has 6 heteroatoms. The molecule has 0 atom stereocenters. The number of phenolic OH excluding ortho intramolecular Hbond substituents is 1. The van der Waals surface area contributed by atoms with E-state index in [9.17, 15) is 13.5 Å². The molecular weight excluding hydrogens is 228 g/mol. The van der Waals surface area contributed by atoms with Crippen molar-refractivity contribution in [2.24, 2.45) is 5.14 Å². The SMILES string of the molecule is Nc1cccc2c(S(N)(=O)=O)ccc(O)c12. The van der Waals surface area contributed by atoms with Crippen LogP contribution in [-0.2, 0) is 10.0 Å². The predicted octanol–water partition coefficient (Wildman–Crippen LogP) is 0.775. The van der Waals surface area contributed by atoms with Crippen LogP contribution in [0.1, 0.15) is 0 Å². The van der Waals surface area contributed by atoms with E-state index in [0.29, 0.717) is 16.5 Å². The van der Waals surface area contributed by atoms with Gasteiger partial charge in [0.1, 0.15) is 5.75 Å². The van der Waals surface area contributed by atoms with Crippen molar-refractivity contribution in [1.82, 2.24) is 0 Å². The fourth-order valence-corrected chi connectivity index (χ4v) is 2.37. The van der Waals surface area contributed by atoms with Crippen LogP contribution in [0.2, 0.25) is 0 Å². The Bertz CT molecular complexity index is 657. The lowest BCUT2D eigenvalue weighted by Crippen LogP contribution is -2.12. The maximum atomic E-state index is 11.3. The van der Waals surface area contributed by atoms with Gasteiger partial charge in [0, 0.05) is 16.5 Å². The van der Waals surface area contributed by atoms with Crippen molar-refractivity contribution in [1.29, 1.82) is 0 Å². The summed E-state index contributed by atoms with van der Waals surface area (Å²) >= 11 is 0.